The van der Waals surface area contributed by atoms with E-state index >= 15 is 0 Å². The van der Waals surface area contributed by atoms with Gasteiger partial charge in [0.15, 0.2) is 0 Å². The van der Waals surface area contributed by atoms with E-state index in [1.807, 2.05) is 0 Å². The molecule has 0 aliphatic rings. The second kappa shape index (κ2) is 2.82. The summed E-state index contributed by atoms with van der Waals surface area (Å²) in [7, 11) is -8.59. The average molecular weight is 191 g/mol. The number of hydrogen-bond donors (Lipinski definition) is 2. The summed E-state index contributed by atoms with van der Waals surface area (Å²) in [5.74, 6) is -1.96. The van der Waals surface area contributed by atoms with Crippen LogP contribution in [0.15, 0.2) is 0 Å². The lowest BCUT2D eigenvalue weighted by Gasteiger charge is -1.92. The Morgan fingerprint density at radius 3 is 1.20 bits per heavy atom. The van der Waals surface area contributed by atoms with Gasteiger partial charge in [-0.3, -0.25) is 9.11 Å². The lowest BCUT2D eigenvalue weighted by molar-refractivity contribution is 0.472. The van der Waals surface area contributed by atoms with Crippen LogP contribution in [-0.2, 0) is 20.2 Å². The fourth-order valence-corrected chi connectivity index (χ4v) is 1.90. The molecule has 0 aromatic rings. The smallest absolute Gasteiger partial charge is 0.286 e. The summed E-state index contributed by atoms with van der Waals surface area (Å²) in [6, 6.07) is 0. The molecule has 0 saturated carbocycles. The van der Waals surface area contributed by atoms with Crippen molar-refractivity contribution in [1.29, 1.82) is 0 Å². The standard InChI is InChI=1S/C2H6O6S2/c3-9(4,5)1-2-10(6,7)8/h1-2H2,(H,3,4,5)(H,6,7,8)/p+1. The van der Waals surface area contributed by atoms with Gasteiger partial charge in [0.2, 0.25) is 0 Å². The van der Waals surface area contributed by atoms with Crippen LogP contribution in [0.25, 0.3) is 0 Å². The molecule has 0 aromatic heterocycles. The molecule has 0 amide bonds. The van der Waals surface area contributed by atoms with E-state index in [-0.39, 0.29) is 1.43 Å². The first-order valence-corrected chi connectivity index (χ1v) is 5.33. The van der Waals surface area contributed by atoms with Gasteiger partial charge in [0, 0.05) is 0 Å². The fourth-order valence-electron chi connectivity index (χ4n) is 0.211. The Hall–Kier alpha value is -0.180. The zero-order valence-electron chi connectivity index (χ0n) is 5.76. The third-order valence-corrected chi connectivity index (χ3v) is 2.30. The lowest BCUT2D eigenvalue weighted by Crippen LogP contribution is -2.15. The molecule has 8 heteroatoms. The van der Waals surface area contributed by atoms with Crippen molar-refractivity contribution in [2.75, 3.05) is 11.5 Å². The second-order valence-electron chi connectivity index (χ2n) is 1.57. The van der Waals surface area contributed by atoms with E-state index < -0.39 is 31.7 Å². The van der Waals surface area contributed by atoms with Crippen molar-refractivity contribution in [3.05, 3.63) is 0 Å². The van der Waals surface area contributed by atoms with Gasteiger partial charge in [0.25, 0.3) is 20.2 Å². The summed E-state index contributed by atoms with van der Waals surface area (Å²) in [6.45, 7) is 0. The molecule has 0 radical (unpaired) electrons. The highest BCUT2D eigenvalue weighted by atomic mass is 32.2. The molecule has 0 aliphatic carbocycles. The SMILES string of the molecule is O=S(=O)(O)CCS(=O)(=O)O.[H+]. The van der Waals surface area contributed by atoms with E-state index in [9.17, 15) is 16.8 Å². The molecule has 0 aliphatic heterocycles. The van der Waals surface area contributed by atoms with Crippen LogP contribution >= 0.6 is 0 Å². The first kappa shape index (κ1) is 9.82. The van der Waals surface area contributed by atoms with Gasteiger partial charge < -0.3 is 0 Å². The minimum absolute atomic E-state index is 0. The number of rotatable bonds is 3. The van der Waals surface area contributed by atoms with Crippen LogP contribution in [0.5, 0.6) is 0 Å². The van der Waals surface area contributed by atoms with Crippen LogP contribution in [-0.4, -0.2) is 37.4 Å². The summed E-state index contributed by atoms with van der Waals surface area (Å²) in [4.78, 5) is 0. The predicted octanol–water partition coefficient (Wildman–Crippen LogP) is -1.13. The van der Waals surface area contributed by atoms with Gasteiger partial charge in [-0.1, -0.05) is 0 Å². The van der Waals surface area contributed by atoms with Crippen LogP contribution in [0, 0.1) is 0 Å². The van der Waals surface area contributed by atoms with Crippen molar-refractivity contribution >= 4 is 20.2 Å². The highest BCUT2D eigenvalue weighted by Gasteiger charge is 2.11. The third kappa shape index (κ3) is 7.82. The molecule has 6 nitrogen and oxygen atoms in total. The molecule has 2 N–H and O–H groups in total. The zero-order chi connectivity index (χ0) is 8.41. The largest absolute Gasteiger partial charge is 1.00 e. The molecular weight excluding hydrogens is 184 g/mol. The molecule has 0 saturated heterocycles. The lowest BCUT2D eigenvalue weighted by atomic mass is 11.0. The van der Waals surface area contributed by atoms with Gasteiger partial charge in [0.05, 0.1) is 11.5 Å². The molecule has 0 heterocycles. The maximum Gasteiger partial charge on any atom is 1.00 e. The van der Waals surface area contributed by atoms with E-state index in [0.29, 0.717) is 0 Å². The summed E-state index contributed by atoms with van der Waals surface area (Å²) in [5, 5.41) is 0. The Morgan fingerprint density at radius 1 is 0.900 bits per heavy atom. The quantitative estimate of drug-likeness (QED) is 0.546. The van der Waals surface area contributed by atoms with Crippen molar-refractivity contribution in [3.63, 3.8) is 0 Å². The maximum absolute atomic E-state index is 9.86. The molecule has 0 rings (SSSR count). The molecule has 0 atom stereocenters. The first-order chi connectivity index (χ1) is 4.21. The zero-order valence-corrected chi connectivity index (χ0v) is 6.39. The number of hydrogen-bond acceptors (Lipinski definition) is 4. The van der Waals surface area contributed by atoms with Crippen LogP contribution in [0.4, 0.5) is 0 Å². The highest BCUT2D eigenvalue weighted by molar-refractivity contribution is 7.89. The van der Waals surface area contributed by atoms with Crippen LogP contribution in [0.2, 0.25) is 0 Å². The minimum Gasteiger partial charge on any atom is -0.286 e. The maximum atomic E-state index is 9.86. The highest BCUT2D eigenvalue weighted by Crippen LogP contribution is 1.86. The molecule has 0 unspecified atom stereocenters. The summed E-state index contributed by atoms with van der Waals surface area (Å²) in [5.41, 5.74) is 0. The Balaban J connectivity index is 0. The Morgan fingerprint density at radius 2 is 1.10 bits per heavy atom. The Labute approximate surface area is 59.8 Å². The molecule has 10 heavy (non-hydrogen) atoms. The van der Waals surface area contributed by atoms with Gasteiger partial charge in [0.1, 0.15) is 0 Å². The molecular formula is C2H7O6S2+. The van der Waals surface area contributed by atoms with Crippen molar-refractivity contribution in [2.45, 2.75) is 0 Å². The van der Waals surface area contributed by atoms with Gasteiger partial charge in [-0.15, -0.1) is 0 Å². The van der Waals surface area contributed by atoms with Crippen molar-refractivity contribution < 1.29 is 27.4 Å². The van der Waals surface area contributed by atoms with E-state index in [0.717, 1.165) is 0 Å². The average Bonchev–Trinajstić information content (AvgIpc) is 1.57. The van der Waals surface area contributed by atoms with E-state index in [2.05, 4.69) is 0 Å². The first-order valence-electron chi connectivity index (χ1n) is 2.11. The molecule has 62 valence electrons. The van der Waals surface area contributed by atoms with Crippen LogP contribution < -0.4 is 0 Å². The Bertz CT molecular complexity index is 255. The van der Waals surface area contributed by atoms with E-state index in [4.69, 9.17) is 9.11 Å². The van der Waals surface area contributed by atoms with Crippen molar-refractivity contribution in [2.24, 2.45) is 0 Å². The fraction of sp³-hybridized carbons (Fsp3) is 1.00. The molecule has 0 spiro atoms. The van der Waals surface area contributed by atoms with Crippen LogP contribution in [0.1, 0.15) is 1.43 Å². The third-order valence-electron chi connectivity index (χ3n) is 0.599. The van der Waals surface area contributed by atoms with Gasteiger partial charge in [-0.2, -0.15) is 16.8 Å². The second-order valence-corrected chi connectivity index (χ2v) is 4.72. The van der Waals surface area contributed by atoms with Crippen molar-refractivity contribution in [3.8, 4) is 0 Å². The van der Waals surface area contributed by atoms with Gasteiger partial charge in [-0.25, -0.2) is 0 Å². The topological polar surface area (TPSA) is 109 Å². The van der Waals surface area contributed by atoms with Gasteiger partial charge in [-0.05, 0) is 0 Å². The molecule has 0 fully saturated rings. The normalized spacial score (nSPS) is 13.4. The van der Waals surface area contributed by atoms with E-state index in [1.165, 1.54) is 0 Å². The summed E-state index contributed by atoms with van der Waals surface area (Å²) >= 11 is 0. The van der Waals surface area contributed by atoms with E-state index in [1.54, 1.807) is 0 Å². The monoisotopic (exact) mass is 191 g/mol. The predicted molar refractivity (Wildman–Crippen MR) is 33.9 cm³/mol. The molecule has 0 bridgehead atoms. The minimum atomic E-state index is -4.30. The molecule has 0 aromatic carbocycles. The Kier molecular flexibility index (Phi) is 2.77. The summed E-state index contributed by atoms with van der Waals surface area (Å²) in [6.07, 6.45) is 0. The van der Waals surface area contributed by atoms with Gasteiger partial charge >= 0.3 is 1.43 Å². The summed E-state index contributed by atoms with van der Waals surface area (Å²) < 4.78 is 55.4. The van der Waals surface area contributed by atoms with Crippen LogP contribution in [0.3, 0.4) is 0 Å². The van der Waals surface area contributed by atoms with Crippen molar-refractivity contribution in [1.82, 2.24) is 0 Å².